The van der Waals surface area contributed by atoms with Gasteiger partial charge in [0, 0.05) is 30.1 Å². The van der Waals surface area contributed by atoms with Gasteiger partial charge in [-0.15, -0.1) is 0 Å². The van der Waals surface area contributed by atoms with Gasteiger partial charge in [-0.25, -0.2) is 9.79 Å². The first-order valence-electron chi connectivity index (χ1n) is 12.0. The third-order valence-electron chi connectivity index (χ3n) is 5.82. The number of aliphatic carboxylic acids is 1. The van der Waals surface area contributed by atoms with Crippen molar-refractivity contribution in [1.29, 1.82) is 0 Å². The Morgan fingerprint density at radius 1 is 1.06 bits per heavy atom. The smallest absolute Gasteiger partial charge is 0.328 e. The zero-order valence-corrected chi connectivity index (χ0v) is 21.5. The molecule has 0 spiro atoms. The van der Waals surface area contributed by atoms with E-state index in [1.54, 1.807) is 6.20 Å². The molecular formula is C30H37N3O2. The number of carboxylic acid groups (broad SMARTS) is 1. The molecule has 0 atom stereocenters. The summed E-state index contributed by atoms with van der Waals surface area (Å²) in [7, 11) is 0. The fraction of sp³-hybridized carbons (Fsp3) is 0.267. The van der Waals surface area contributed by atoms with Crippen LogP contribution in [-0.2, 0) is 4.79 Å². The highest BCUT2D eigenvalue weighted by Crippen LogP contribution is 2.41. The zero-order chi connectivity index (χ0) is 26.0. The van der Waals surface area contributed by atoms with Crippen molar-refractivity contribution in [1.82, 2.24) is 4.90 Å². The van der Waals surface area contributed by atoms with E-state index in [-0.39, 0.29) is 5.92 Å². The maximum Gasteiger partial charge on any atom is 0.328 e. The van der Waals surface area contributed by atoms with Crippen LogP contribution in [0.15, 0.2) is 102 Å². The summed E-state index contributed by atoms with van der Waals surface area (Å²) in [6.45, 7) is 14.4. The number of carboxylic acids is 1. The van der Waals surface area contributed by atoms with Crippen LogP contribution in [0.3, 0.4) is 0 Å². The lowest BCUT2D eigenvalue weighted by Gasteiger charge is -2.38. The highest BCUT2D eigenvalue weighted by molar-refractivity contribution is 6.04. The highest BCUT2D eigenvalue weighted by atomic mass is 16.4. The number of amidine groups is 1. The maximum absolute atomic E-state index is 10.8. The normalized spacial score (nSPS) is 17.5. The van der Waals surface area contributed by atoms with Crippen molar-refractivity contribution in [3.8, 4) is 0 Å². The van der Waals surface area contributed by atoms with Gasteiger partial charge in [-0.2, -0.15) is 0 Å². The number of benzene rings is 2. The molecule has 1 aliphatic carbocycles. The minimum Gasteiger partial charge on any atom is -0.478 e. The van der Waals surface area contributed by atoms with Crippen molar-refractivity contribution in [2.45, 2.75) is 47.5 Å². The molecule has 1 saturated carbocycles. The Hall–Kier alpha value is -3.86. The van der Waals surface area contributed by atoms with E-state index >= 15 is 0 Å². The van der Waals surface area contributed by atoms with E-state index in [1.807, 2.05) is 50.1 Å². The van der Waals surface area contributed by atoms with Gasteiger partial charge in [-0.3, -0.25) is 0 Å². The summed E-state index contributed by atoms with van der Waals surface area (Å²) >= 11 is 0. The molecular weight excluding hydrogens is 434 g/mol. The molecule has 35 heavy (non-hydrogen) atoms. The van der Waals surface area contributed by atoms with Crippen LogP contribution in [0.25, 0.3) is 5.57 Å². The standard InChI is InChI=1S/C21H23N3O2.C7H8.C2H6/c1-13-4-6-17(7-5-13)14(2)20-21(22)23-8-9-24(20)15(3)18-10-16(11-18)12-19(25)26;1-7-5-3-2-4-6-7;1-2/h4-9,12,18H,3,10-11H2,1-2H3,(H2,22,23)(H,25,26);2-6H,1H3;1-2H3/b16-12?,20-14+;;. The van der Waals surface area contributed by atoms with Crippen molar-refractivity contribution in [2.24, 2.45) is 16.6 Å². The highest BCUT2D eigenvalue weighted by Gasteiger charge is 2.31. The molecule has 0 amide bonds. The Kier molecular flexibility index (Phi) is 10.3. The van der Waals surface area contributed by atoms with E-state index in [4.69, 9.17) is 10.8 Å². The molecule has 1 aliphatic heterocycles. The number of aryl methyl sites for hydroxylation is 2. The number of nitrogens with two attached hydrogens (primary N) is 1. The first kappa shape index (κ1) is 27.4. The van der Waals surface area contributed by atoms with Crippen LogP contribution in [-0.4, -0.2) is 21.8 Å². The minimum absolute atomic E-state index is 0.206. The van der Waals surface area contributed by atoms with Crippen molar-refractivity contribution in [3.05, 3.63) is 113 Å². The number of carbonyl (C=O) groups is 1. The number of nitrogens with zero attached hydrogens (tertiary/aromatic N) is 2. The summed E-state index contributed by atoms with van der Waals surface area (Å²) in [5, 5.41) is 8.86. The molecule has 0 saturated heterocycles. The fourth-order valence-electron chi connectivity index (χ4n) is 3.82. The first-order valence-corrected chi connectivity index (χ1v) is 12.0. The van der Waals surface area contributed by atoms with Gasteiger partial charge in [-0.05, 0) is 44.7 Å². The number of hydrogen-bond acceptors (Lipinski definition) is 4. The minimum atomic E-state index is -0.894. The van der Waals surface area contributed by atoms with Crippen LogP contribution in [0.1, 0.15) is 50.3 Å². The second-order valence-electron chi connectivity index (χ2n) is 8.41. The van der Waals surface area contributed by atoms with Crippen molar-refractivity contribution in [2.75, 3.05) is 0 Å². The lowest BCUT2D eigenvalue weighted by Crippen LogP contribution is -2.34. The van der Waals surface area contributed by atoms with Gasteiger partial charge in [0.25, 0.3) is 0 Å². The molecule has 5 heteroatoms. The predicted molar refractivity (Wildman–Crippen MR) is 146 cm³/mol. The predicted octanol–water partition coefficient (Wildman–Crippen LogP) is 6.83. The van der Waals surface area contributed by atoms with Gasteiger partial charge in [0.15, 0.2) is 0 Å². The second-order valence-corrected chi connectivity index (χ2v) is 8.41. The molecule has 184 valence electrons. The molecule has 1 heterocycles. The molecule has 1 fully saturated rings. The molecule has 0 radical (unpaired) electrons. The lowest BCUT2D eigenvalue weighted by molar-refractivity contribution is -0.131. The molecule has 5 nitrogen and oxygen atoms in total. The largest absolute Gasteiger partial charge is 0.478 e. The second kappa shape index (κ2) is 13.1. The van der Waals surface area contributed by atoms with E-state index in [0.717, 1.165) is 28.1 Å². The molecule has 4 rings (SSSR count). The SMILES string of the molecule is C=C(C1CC(=CC(=O)O)C1)N1C=CN=C(N)/C1=C(/C)c1ccc(C)cc1.CC.Cc1ccccc1. The van der Waals surface area contributed by atoms with Gasteiger partial charge >= 0.3 is 5.97 Å². The number of hydrogen-bond donors (Lipinski definition) is 2. The van der Waals surface area contributed by atoms with E-state index in [0.29, 0.717) is 18.7 Å². The third kappa shape index (κ3) is 7.57. The van der Waals surface area contributed by atoms with Crippen LogP contribution in [0.5, 0.6) is 0 Å². The van der Waals surface area contributed by atoms with Crippen molar-refractivity contribution < 1.29 is 9.90 Å². The summed E-state index contributed by atoms with van der Waals surface area (Å²) in [5.41, 5.74) is 13.5. The van der Waals surface area contributed by atoms with Gasteiger partial charge < -0.3 is 15.7 Å². The molecule has 3 N–H and O–H groups in total. The monoisotopic (exact) mass is 471 g/mol. The topological polar surface area (TPSA) is 78.9 Å². The quantitative estimate of drug-likeness (QED) is 0.479. The van der Waals surface area contributed by atoms with E-state index < -0.39 is 5.97 Å². The Morgan fingerprint density at radius 2 is 1.63 bits per heavy atom. The molecule has 2 aliphatic rings. The summed E-state index contributed by atoms with van der Waals surface area (Å²) < 4.78 is 0. The van der Waals surface area contributed by atoms with Crippen LogP contribution in [0.2, 0.25) is 0 Å². The Labute approximate surface area is 209 Å². The number of rotatable bonds is 4. The number of aliphatic imine (C=N–C) groups is 1. The first-order chi connectivity index (χ1) is 16.8. The Bertz CT molecular complexity index is 1130. The molecule has 0 unspecified atom stereocenters. The Morgan fingerprint density at radius 3 is 2.14 bits per heavy atom. The van der Waals surface area contributed by atoms with Crippen LogP contribution in [0, 0.1) is 19.8 Å². The summed E-state index contributed by atoms with van der Waals surface area (Å²) in [5.74, 6) is -0.238. The third-order valence-corrected chi connectivity index (χ3v) is 5.82. The molecule has 2 aromatic carbocycles. The fourth-order valence-corrected chi connectivity index (χ4v) is 3.82. The van der Waals surface area contributed by atoms with Gasteiger partial charge in [0.2, 0.25) is 0 Å². The summed E-state index contributed by atoms with van der Waals surface area (Å²) in [6.07, 6.45) is 6.25. The van der Waals surface area contributed by atoms with Crippen molar-refractivity contribution >= 4 is 17.4 Å². The van der Waals surface area contributed by atoms with Crippen LogP contribution in [0.4, 0.5) is 0 Å². The zero-order valence-electron chi connectivity index (χ0n) is 21.5. The van der Waals surface area contributed by atoms with Crippen molar-refractivity contribution in [3.63, 3.8) is 0 Å². The maximum atomic E-state index is 10.8. The molecule has 0 bridgehead atoms. The summed E-state index contributed by atoms with van der Waals surface area (Å²) in [4.78, 5) is 17.0. The van der Waals surface area contributed by atoms with E-state index in [2.05, 4.69) is 61.8 Å². The lowest BCUT2D eigenvalue weighted by atomic mass is 9.77. The molecule has 0 aromatic heterocycles. The van der Waals surface area contributed by atoms with Gasteiger partial charge in [-0.1, -0.05) is 91.7 Å². The average Bonchev–Trinajstić information content (AvgIpc) is 2.83. The van der Waals surface area contributed by atoms with E-state index in [9.17, 15) is 4.79 Å². The molecule has 2 aromatic rings. The van der Waals surface area contributed by atoms with Gasteiger partial charge in [0.05, 0.1) is 5.70 Å². The summed E-state index contributed by atoms with van der Waals surface area (Å²) in [6, 6.07) is 18.5. The van der Waals surface area contributed by atoms with Crippen LogP contribution < -0.4 is 5.73 Å². The number of allylic oxidation sites excluding steroid dienone is 3. The Balaban J connectivity index is 0.000000407. The van der Waals surface area contributed by atoms with E-state index in [1.165, 1.54) is 17.2 Å². The van der Waals surface area contributed by atoms with Gasteiger partial charge in [0.1, 0.15) is 5.84 Å². The van der Waals surface area contributed by atoms with Crippen LogP contribution >= 0.6 is 0 Å². The average molecular weight is 472 g/mol.